The maximum absolute atomic E-state index is 12.6. The van der Waals surface area contributed by atoms with E-state index in [4.69, 9.17) is 0 Å². The van der Waals surface area contributed by atoms with Crippen LogP contribution in [0.15, 0.2) is 47.4 Å². The van der Waals surface area contributed by atoms with E-state index < -0.39 is 15.9 Å². The Morgan fingerprint density at radius 3 is 2.14 bits per heavy atom. The third kappa shape index (κ3) is 4.76. The first-order valence-electron chi connectivity index (χ1n) is 8.98. The smallest absolute Gasteiger partial charge is 0.255 e. The van der Waals surface area contributed by atoms with Crippen LogP contribution in [0.2, 0.25) is 0 Å². The van der Waals surface area contributed by atoms with Gasteiger partial charge in [0.15, 0.2) is 0 Å². The van der Waals surface area contributed by atoms with Crippen molar-refractivity contribution >= 4 is 27.5 Å². The molecule has 150 valence electrons. The average Bonchev–Trinajstić information content (AvgIpc) is 2.69. The molecule has 0 spiro atoms. The van der Waals surface area contributed by atoms with E-state index in [0.29, 0.717) is 29.9 Å². The van der Waals surface area contributed by atoms with Crippen molar-refractivity contribution in [2.24, 2.45) is 0 Å². The summed E-state index contributed by atoms with van der Waals surface area (Å²) in [7, 11) is -2.33. The second kappa shape index (κ2) is 8.99. The van der Waals surface area contributed by atoms with Crippen LogP contribution in [0.5, 0.6) is 0 Å². The second-order valence-electron chi connectivity index (χ2n) is 6.19. The van der Waals surface area contributed by atoms with Crippen molar-refractivity contribution in [3.05, 3.63) is 59.2 Å². The van der Waals surface area contributed by atoms with E-state index in [-0.39, 0.29) is 16.4 Å². The van der Waals surface area contributed by atoms with Crippen molar-refractivity contribution in [1.29, 1.82) is 0 Å². The Morgan fingerprint density at radius 1 is 1.00 bits per heavy atom. The molecule has 0 fully saturated rings. The molecule has 0 atom stereocenters. The summed E-state index contributed by atoms with van der Waals surface area (Å²) in [5.41, 5.74) is 1.97. The lowest BCUT2D eigenvalue weighted by Crippen LogP contribution is -2.30. The molecule has 2 aromatic carbocycles. The molecule has 7 nitrogen and oxygen atoms in total. The van der Waals surface area contributed by atoms with E-state index in [2.05, 4.69) is 10.0 Å². The Labute approximate surface area is 165 Å². The van der Waals surface area contributed by atoms with Crippen LogP contribution in [0.25, 0.3) is 0 Å². The Balaban J connectivity index is 2.22. The Bertz CT molecular complexity index is 965. The first-order chi connectivity index (χ1) is 13.2. The number of carbonyl (C=O) groups excluding carboxylic acids is 2. The van der Waals surface area contributed by atoms with Gasteiger partial charge in [0.1, 0.15) is 0 Å². The molecule has 0 bridgehead atoms. The van der Waals surface area contributed by atoms with Gasteiger partial charge in [-0.05, 0) is 69.8 Å². The molecule has 0 aromatic heterocycles. The highest BCUT2D eigenvalue weighted by Gasteiger charge is 2.17. The Kier molecular flexibility index (Phi) is 6.93. The Hall–Kier alpha value is -2.71. The number of rotatable bonds is 7. The maximum Gasteiger partial charge on any atom is 0.255 e. The van der Waals surface area contributed by atoms with Crippen LogP contribution in [0.1, 0.15) is 40.1 Å². The highest BCUT2D eigenvalue weighted by molar-refractivity contribution is 7.89. The fraction of sp³-hybridized carbons (Fsp3) is 0.300. The monoisotopic (exact) mass is 403 g/mol. The summed E-state index contributed by atoms with van der Waals surface area (Å²) >= 11 is 0. The zero-order valence-corrected chi connectivity index (χ0v) is 17.3. The summed E-state index contributed by atoms with van der Waals surface area (Å²) in [6.45, 7) is 6.82. The number of hydrogen-bond donors (Lipinski definition) is 2. The maximum atomic E-state index is 12.6. The number of anilines is 1. The van der Waals surface area contributed by atoms with Crippen molar-refractivity contribution in [1.82, 2.24) is 9.62 Å². The van der Waals surface area contributed by atoms with Gasteiger partial charge in [0.2, 0.25) is 10.0 Å². The molecular formula is C20H25N3O4S. The highest BCUT2D eigenvalue weighted by Crippen LogP contribution is 2.18. The standard InChI is InChI=1S/C20H25N3O4S/c1-5-23(6-2)20(25)15-8-10-16(11-9-15)22-19(24)18-13-17(12-7-14(18)3)28(26,27)21-4/h7-13,21H,5-6H2,1-4H3,(H,22,24). The fourth-order valence-electron chi connectivity index (χ4n) is 2.72. The van der Waals surface area contributed by atoms with E-state index in [1.807, 2.05) is 13.8 Å². The number of sulfonamides is 1. The summed E-state index contributed by atoms with van der Waals surface area (Å²) in [6.07, 6.45) is 0. The molecule has 0 saturated carbocycles. The van der Waals surface area contributed by atoms with Gasteiger partial charge in [0.25, 0.3) is 11.8 Å². The van der Waals surface area contributed by atoms with Gasteiger partial charge < -0.3 is 10.2 Å². The van der Waals surface area contributed by atoms with Crippen molar-refractivity contribution in [2.75, 3.05) is 25.5 Å². The zero-order valence-electron chi connectivity index (χ0n) is 16.4. The summed E-state index contributed by atoms with van der Waals surface area (Å²) in [5, 5.41) is 2.74. The molecule has 2 rings (SSSR count). The third-order valence-electron chi connectivity index (χ3n) is 4.47. The quantitative estimate of drug-likeness (QED) is 0.743. The number of carbonyl (C=O) groups is 2. The predicted octanol–water partition coefficient (Wildman–Crippen LogP) is 2.64. The van der Waals surface area contributed by atoms with E-state index in [1.54, 1.807) is 42.2 Å². The summed E-state index contributed by atoms with van der Waals surface area (Å²) in [4.78, 5) is 26.7. The van der Waals surface area contributed by atoms with Crippen LogP contribution in [0, 0.1) is 6.92 Å². The van der Waals surface area contributed by atoms with Crippen molar-refractivity contribution in [3.8, 4) is 0 Å². The minimum atomic E-state index is -3.64. The van der Waals surface area contributed by atoms with Crippen LogP contribution >= 0.6 is 0 Å². The molecule has 8 heteroatoms. The van der Waals surface area contributed by atoms with E-state index >= 15 is 0 Å². The van der Waals surface area contributed by atoms with Gasteiger partial charge in [-0.25, -0.2) is 13.1 Å². The molecule has 0 aliphatic heterocycles. The largest absolute Gasteiger partial charge is 0.339 e. The van der Waals surface area contributed by atoms with E-state index in [9.17, 15) is 18.0 Å². The molecular weight excluding hydrogens is 378 g/mol. The molecule has 2 N–H and O–H groups in total. The fourth-order valence-corrected chi connectivity index (χ4v) is 3.47. The number of nitrogens with zero attached hydrogens (tertiary/aromatic N) is 1. The van der Waals surface area contributed by atoms with Gasteiger partial charge in [-0.15, -0.1) is 0 Å². The van der Waals surface area contributed by atoms with Gasteiger partial charge >= 0.3 is 0 Å². The van der Waals surface area contributed by atoms with Crippen LogP contribution in [0.3, 0.4) is 0 Å². The van der Waals surface area contributed by atoms with Gasteiger partial charge in [-0.3, -0.25) is 9.59 Å². The minimum Gasteiger partial charge on any atom is -0.339 e. The molecule has 0 aliphatic rings. The highest BCUT2D eigenvalue weighted by atomic mass is 32.2. The van der Waals surface area contributed by atoms with Crippen molar-refractivity contribution < 1.29 is 18.0 Å². The van der Waals surface area contributed by atoms with Gasteiger partial charge in [0, 0.05) is 29.9 Å². The topological polar surface area (TPSA) is 95.6 Å². The molecule has 0 aliphatic carbocycles. The zero-order chi connectivity index (χ0) is 20.9. The Morgan fingerprint density at radius 2 is 1.61 bits per heavy atom. The lowest BCUT2D eigenvalue weighted by atomic mass is 10.1. The lowest BCUT2D eigenvalue weighted by Gasteiger charge is -2.18. The normalized spacial score (nSPS) is 11.1. The number of hydrogen-bond acceptors (Lipinski definition) is 4. The molecule has 28 heavy (non-hydrogen) atoms. The number of nitrogens with one attached hydrogen (secondary N) is 2. The molecule has 0 radical (unpaired) electrons. The summed E-state index contributed by atoms with van der Waals surface area (Å²) < 4.78 is 26.2. The summed E-state index contributed by atoms with van der Waals surface area (Å²) in [5.74, 6) is -0.489. The molecule has 0 unspecified atom stereocenters. The molecule has 2 amide bonds. The second-order valence-corrected chi connectivity index (χ2v) is 8.08. The van der Waals surface area contributed by atoms with Crippen molar-refractivity contribution in [3.63, 3.8) is 0 Å². The molecule has 2 aromatic rings. The van der Waals surface area contributed by atoms with Gasteiger partial charge in [0.05, 0.1) is 4.90 Å². The molecule has 0 saturated heterocycles. The SMILES string of the molecule is CCN(CC)C(=O)c1ccc(NC(=O)c2cc(S(=O)(=O)NC)ccc2C)cc1. The van der Waals surface area contributed by atoms with E-state index in [0.717, 1.165) is 0 Å². The first-order valence-corrected chi connectivity index (χ1v) is 10.5. The minimum absolute atomic E-state index is 0.0194. The van der Waals surface area contributed by atoms with Gasteiger partial charge in [-0.2, -0.15) is 0 Å². The average molecular weight is 404 g/mol. The number of aryl methyl sites for hydroxylation is 1. The first kappa shape index (κ1) is 21.6. The number of benzene rings is 2. The molecule has 0 heterocycles. The van der Waals surface area contributed by atoms with E-state index in [1.165, 1.54) is 19.2 Å². The lowest BCUT2D eigenvalue weighted by molar-refractivity contribution is 0.0773. The van der Waals surface area contributed by atoms with Crippen molar-refractivity contribution in [2.45, 2.75) is 25.7 Å². The predicted molar refractivity (Wildman–Crippen MR) is 109 cm³/mol. The third-order valence-corrected chi connectivity index (χ3v) is 5.89. The summed E-state index contributed by atoms with van der Waals surface area (Å²) in [6, 6.07) is 11.0. The van der Waals surface area contributed by atoms with Crippen LogP contribution in [-0.4, -0.2) is 45.3 Å². The van der Waals surface area contributed by atoms with Crippen LogP contribution in [-0.2, 0) is 10.0 Å². The van der Waals surface area contributed by atoms with Crippen LogP contribution < -0.4 is 10.0 Å². The van der Waals surface area contributed by atoms with Crippen LogP contribution in [0.4, 0.5) is 5.69 Å². The number of amides is 2. The van der Waals surface area contributed by atoms with Gasteiger partial charge in [-0.1, -0.05) is 6.07 Å².